The van der Waals surface area contributed by atoms with Gasteiger partial charge >= 0.3 is 0 Å². The van der Waals surface area contributed by atoms with Crippen molar-refractivity contribution < 1.29 is 10.2 Å². The molecule has 0 aromatic carbocycles. The molecule has 2 fully saturated rings. The third-order valence-electron chi connectivity index (χ3n) is 4.80. The topological polar surface area (TPSA) is 50.2 Å². The Morgan fingerprint density at radius 2 is 1.24 bits per heavy atom. The number of rotatable bonds is 6. The summed E-state index contributed by atoms with van der Waals surface area (Å²) >= 11 is 0. The Bertz CT molecular complexity index is 285. The Morgan fingerprint density at radius 3 is 1.71 bits per heavy atom. The second-order valence-corrected chi connectivity index (χ2v) is 7.09. The van der Waals surface area contributed by atoms with Crippen molar-refractivity contribution in [2.45, 2.75) is 38.9 Å². The van der Waals surface area contributed by atoms with E-state index in [1.807, 2.05) is 6.92 Å². The molecule has 2 heterocycles. The van der Waals surface area contributed by atoms with Crippen molar-refractivity contribution in [3.05, 3.63) is 0 Å². The van der Waals surface area contributed by atoms with E-state index in [0.29, 0.717) is 0 Å². The maximum Gasteiger partial charge on any atom is 0.0793 e. The highest BCUT2D eigenvalue weighted by Crippen LogP contribution is 2.16. The lowest BCUT2D eigenvalue weighted by Crippen LogP contribution is -2.51. The van der Waals surface area contributed by atoms with E-state index in [0.717, 1.165) is 64.8 Å². The van der Waals surface area contributed by atoms with E-state index in [9.17, 15) is 10.2 Å². The number of hydrogen-bond donors (Lipinski definition) is 2. The minimum Gasteiger partial charge on any atom is -0.392 e. The van der Waals surface area contributed by atoms with E-state index >= 15 is 0 Å². The van der Waals surface area contributed by atoms with Crippen molar-refractivity contribution in [1.29, 1.82) is 0 Å². The molecule has 21 heavy (non-hydrogen) atoms. The summed E-state index contributed by atoms with van der Waals surface area (Å²) in [5.74, 6) is 0.848. The van der Waals surface area contributed by atoms with Crippen molar-refractivity contribution in [1.82, 2.24) is 14.7 Å². The molecule has 0 aliphatic carbocycles. The second kappa shape index (κ2) is 8.44. The summed E-state index contributed by atoms with van der Waals surface area (Å²) in [4.78, 5) is 7.07. The van der Waals surface area contributed by atoms with Gasteiger partial charge in [-0.25, -0.2) is 0 Å². The normalized spacial score (nSPS) is 26.9. The molecule has 0 aromatic heterocycles. The maximum atomic E-state index is 10.3. The molecule has 2 aliphatic heterocycles. The third-order valence-corrected chi connectivity index (χ3v) is 4.80. The van der Waals surface area contributed by atoms with E-state index in [-0.39, 0.29) is 12.2 Å². The Kier molecular flexibility index (Phi) is 6.89. The smallest absolute Gasteiger partial charge is 0.0793 e. The van der Waals surface area contributed by atoms with E-state index in [2.05, 4.69) is 21.6 Å². The van der Waals surface area contributed by atoms with Crippen molar-refractivity contribution in [3.63, 3.8) is 0 Å². The Labute approximate surface area is 129 Å². The molecule has 2 N–H and O–H groups in total. The molecule has 0 aromatic rings. The minimum absolute atomic E-state index is 0.235. The van der Waals surface area contributed by atoms with Crippen LogP contribution >= 0.6 is 0 Å². The van der Waals surface area contributed by atoms with E-state index < -0.39 is 0 Å². The van der Waals surface area contributed by atoms with E-state index in [4.69, 9.17) is 0 Å². The summed E-state index contributed by atoms with van der Waals surface area (Å²) in [7, 11) is 0. The summed E-state index contributed by atoms with van der Waals surface area (Å²) in [6, 6.07) is 0. The predicted octanol–water partition coefficient (Wildman–Crippen LogP) is 0.0776. The fraction of sp³-hybridized carbons (Fsp3) is 1.00. The lowest BCUT2D eigenvalue weighted by Gasteiger charge is -2.37. The van der Waals surface area contributed by atoms with Crippen LogP contribution in [0.2, 0.25) is 0 Å². The van der Waals surface area contributed by atoms with Crippen molar-refractivity contribution in [3.8, 4) is 0 Å². The molecule has 0 radical (unpaired) electrons. The zero-order chi connectivity index (χ0) is 15.2. The molecule has 124 valence electrons. The predicted molar refractivity (Wildman–Crippen MR) is 85.4 cm³/mol. The molecule has 0 amide bonds. The monoisotopic (exact) mass is 299 g/mol. The zero-order valence-electron chi connectivity index (χ0n) is 13.7. The first-order valence-electron chi connectivity index (χ1n) is 8.56. The minimum atomic E-state index is -0.247. The molecular weight excluding hydrogens is 266 g/mol. The molecule has 0 saturated carbocycles. The van der Waals surface area contributed by atoms with Gasteiger partial charge in [-0.2, -0.15) is 0 Å². The molecule has 0 unspecified atom stereocenters. The number of likely N-dealkylation sites (tertiary alicyclic amines) is 1. The number of hydrogen-bond acceptors (Lipinski definition) is 5. The number of aliphatic hydroxyl groups is 2. The SMILES string of the molecule is CC1CCN(C[C@@H](O)CN2CCN(C[C@@H](C)O)CC2)CC1. The molecule has 0 bridgehead atoms. The first-order valence-corrected chi connectivity index (χ1v) is 8.56. The Balaban J connectivity index is 1.61. The third kappa shape index (κ3) is 6.20. The molecule has 2 saturated heterocycles. The molecule has 2 aliphatic rings. The molecular formula is C16H33N3O2. The average molecular weight is 299 g/mol. The summed E-state index contributed by atoms with van der Waals surface area (Å²) in [5.41, 5.74) is 0. The number of aliphatic hydroxyl groups excluding tert-OH is 2. The van der Waals surface area contributed by atoms with Crippen LogP contribution in [-0.4, -0.2) is 96.0 Å². The maximum absolute atomic E-state index is 10.3. The van der Waals surface area contributed by atoms with Crippen LogP contribution in [-0.2, 0) is 0 Å². The van der Waals surface area contributed by atoms with Crippen molar-refractivity contribution in [2.75, 3.05) is 58.9 Å². The highest BCUT2D eigenvalue weighted by molar-refractivity contribution is 4.78. The lowest BCUT2D eigenvalue weighted by molar-refractivity contribution is 0.0337. The Morgan fingerprint density at radius 1 is 0.810 bits per heavy atom. The average Bonchev–Trinajstić information content (AvgIpc) is 2.43. The quantitative estimate of drug-likeness (QED) is 0.727. The van der Waals surface area contributed by atoms with Gasteiger partial charge in [0.2, 0.25) is 0 Å². The number of β-amino-alcohol motifs (C(OH)–C–C–N with tert-alkyl or cyclic N) is 2. The van der Waals surface area contributed by atoms with Crippen molar-refractivity contribution >= 4 is 0 Å². The van der Waals surface area contributed by atoms with Crippen LogP contribution in [0.1, 0.15) is 26.7 Å². The summed E-state index contributed by atoms with van der Waals surface area (Å²) in [6.07, 6.45) is 2.06. The number of piperazine rings is 1. The summed E-state index contributed by atoms with van der Waals surface area (Å²) in [6.45, 7) is 12.8. The highest BCUT2D eigenvalue weighted by Gasteiger charge is 2.22. The van der Waals surface area contributed by atoms with Gasteiger partial charge in [-0.15, -0.1) is 0 Å². The van der Waals surface area contributed by atoms with E-state index in [1.165, 1.54) is 12.8 Å². The van der Waals surface area contributed by atoms with Gasteiger partial charge in [-0.3, -0.25) is 9.80 Å². The van der Waals surface area contributed by atoms with Crippen LogP contribution in [0, 0.1) is 5.92 Å². The van der Waals surface area contributed by atoms with Gasteiger partial charge in [0.1, 0.15) is 0 Å². The van der Waals surface area contributed by atoms with Crippen LogP contribution in [0.25, 0.3) is 0 Å². The van der Waals surface area contributed by atoms with Gasteiger partial charge in [0.25, 0.3) is 0 Å². The first kappa shape index (κ1) is 17.2. The van der Waals surface area contributed by atoms with Crippen LogP contribution in [0.5, 0.6) is 0 Å². The van der Waals surface area contributed by atoms with Gasteiger partial charge in [0.15, 0.2) is 0 Å². The molecule has 2 atom stereocenters. The first-order chi connectivity index (χ1) is 10.0. The van der Waals surface area contributed by atoms with Crippen LogP contribution < -0.4 is 0 Å². The largest absolute Gasteiger partial charge is 0.392 e. The molecule has 5 nitrogen and oxygen atoms in total. The molecule has 0 spiro atoms. The standard InChI is InChI=1S/C16H33N3O2/c1-14-3-5-17(6-4-14)12-16(21)13-19-9-7-18(8-10-19)11-15(2)20/h14-16,20-21H,3-13H2,1-2H3/t15-,16-/m1/s1. The highest BCUT2D eigenvalue weighted by atomic mass is 16.3. The fourth-order valence-electron chi connectivity index (χ4n) is 3.43. The van der Waals surface area contributed by atoms with Crippen LogP contribution in [0.3, 0.4) is 0 Å². The molecule has 5 heteroatoms. The number of piperidine rings is 1. The summed E-state index contributed by atoms with van der Waals surface area (Å²) in [5, 5.41) is 19.7. The van der Waals surface area contributed by atoms with Gasteiger partial charge in [-0.05, 0) is 38.8 Å². The zero-order valence-corrected chi connectivity index (χ0v) is 13.7. The Hall–Kier alpha value is -0.200. The summed E-state index contributed by atoms with van der Waals surface area (Å²) < 4.78 is 0. The van der Waals surface area contributed by atoms with Gasteiger partial charge in [0, 0.05) is 45.8 Å². The second-order valence-electron chi connectivity index (χ2n) is 7.09. The van der Waals surface area contributed by atoms with Crippen LogP contribution in [0.4, 0.5) is 0 Å². The lowest BCUT2D eigenvalue weighted by atomic mass is 9.99. The number of nitrogens with zero attached hydrogens (tertiary/aromatic N) is 3. The van der Waals surface area contributed by atoms with Gasteiger partial charge in [-0.1, -0.05) is 6.92 Å². The van der Waals surface area contributed by atoms with E-state index in [1.54, 1.807) is 0 Å². The van der Waals surface area contributed by atoms with Gasteiger partial charge < -0.3 is 15.1 Å². The molecule has 2 rings (SSSR count). The van der Waals surface area contributed by atoms with Crippen LogP contribution in [0.15, 0.2) is 0 Å². The van der Waals surface area contributed by atoms with Gasteiger partial charge in [0.05, 0.1) is 12.2 Å². The fourth-order valence-corrected chi connectivity index (χ4v) is 3.43. The van der Waals surface area contributed by atoms with Crippen molar-refractivity contribution in [2.24, 2.45) is 5.92 Å².